The number of carbonyl (C=O) groups is 2. The molecule has 3 aromatic rings. The lowest BCUT2D eigenvalue weighted by Crippen LogP contribution is -2.44. The van der Waals surface area contributed by atoms with Crippen LogP contribution < -0.4 is 19.7 Å². The van der Waals surface area contributed by atoms with E-state index in [0.717, 1.165) is 0 Å². The molecule has 2 amide bonds. The molecule has 0 bridgehead atoms. The number of fused-ring (bicyclic) bond motifs is 1. The van der Waals surface area contributed by atoms with Gasteiger partial charge in [-0.2, -0.15) is 0 Å². The number of benzene rings is 3. The molecule has 158 valence electrons. The number of hydrogen-bond acceptors (Lipinski definition) is 5. The molecule has 1 aliphatic heterocycles. The SMILES string of the molecule is COc1ccc(NC(=O)CN2C(=O)[C@@](O)(c3ccccc3)c3ccccc32)c(OC)c1. The summed E-state index contributed by atoms with van der Waals surface area (Å²) in [6, 6.07) is 20.7. The van der Waals surface area contributed by atoms with Crippen molar-refractivity contribution in [3.63, 3.8) is 0 Å². The van der Waals surface area contributed by atoms with E-state index >= 15 is 0 Å². The summed E-state index contributed by atoms with van der Waals surface area (Å²) in [5.74, 6) is 0.0220. The number of carbonyl (C=O) groups excluding carboxylic acids is 2. The van der Waals surface area contributed by atoms with Crippen LogP contribution in [0.1, 0.15) is 11.1 Å². The van der Waals surface area contributed by atoms with Gasteiger partial charge in [0.05, 0.1) is 25.6 Å². The van der Waals surface area contributed by atoms with Gasteiger partial charge in [-0.15, -0.1) is 0 Å². The fourth-order valence-corrected chi connectivity index (χ4v) is 3.79. The molecule has 0 fully saturated rings. The quantitative estimate of drug-likeness (QED) is 0.643. The molecule has 1 aliphatic rings. The maximum atomic E-state index is 13.3. The minimum Gasteiger partial charge on any atom is -0.497 e. The van der Waals surface area contributed by atoms with Crippen molar-refractivity contribution < 1.29 is 24.2 Å². The summed E-state index contributed by atoms with van der Waals surface area (Å²) in [5.41, 5.74) is -0.00823. The topological polar surface area (TPSA) is 88.1 Å². The number of ether oxygens (including phenoxy) is 2. The first-order valence-corrected chi connectivity index (χ1v) is 9.70. The van der Waals surface area contributed by atoms with Crippen LogP contribution in [0.15, 0.2) is 72.8 Å². The zero-order valence-corrected chi connectivity index (χ0v) is 17.2. The van der Waals surface area contributed by atoms with Crippen LogP contribution in [0.3, 0.4) is 0 Å². The summed E-state index contributed by atoms with van der Waals surface area (Å²) in [7, 11) is 3.03. The van der Waals surface area contributed by atoms with Gasteiger partial charge in [0.25, 0.3) is 5.91 Å². The first kappa shape index (κ1) is 20.4. The van der Waals surface area contributed by atoms with Crippen LogP contribution in [-0.4, -0.2) is 37.7 Å². The molecule has 1 heterocycles. The number of rotatable bonds is 6. The standard InChI is InChI=1S/C24H22N2O5/c1-30-17-12-13-19(21(14-17)31-2)25-22(27)15-26-20-11-7-6-10-18(20)24(29,23(26)28)16-8-4-3-5-9-16/h3-14,29H,15H2,1-2H3,(H,25,27)/t24-/m1/s1. The summed E-state index contributed by atoms with van der Waals surface area (Å²) in [6.45, 7) is -0.264. The first-order chi connectivity index (χ1) is 15.0. The van der Waals surface area contributed by atoms with Gasteiger partial charge in [0, 0.05) is 11.6 Å². The largest absolute Gasteiger partial charge is 0.497 e. The van der Waals surface area contributed by atoms with E-state index in [0.29, 0.717) is 34.0 Å². The molecule has 4 rings (SSSR count). The number of nitrogens with one attached hydrogen (secondary N) is 1. The highest BCUT2D eigenvalue weighted by Gasteiger charge is 2.51. The van der Waals surface area contributed by atoms with Crippen molar-refractivity contribution >= 4 is 23.2 Å². The van der Waals surface area contributed by atoms with Gasteiger partial charge in [0.15, 0.2) is 5.60 Å². The first-order valence-electron chi connectivity index (χ1n) is 9.70. The Labute approximate surface area is 179 Å². The Hall–Kier alpha value is -3.84. The third-order valence-corrected chi connectivity index (χ3v) is 5.32. The van der Waals surface area contributed by atoms with Crippen molar-refractivity contribution in [3.05, 3.63) is 83.9 Å². The highest BCUT2D eigenvalue weighted by Crippen LogP contribution is 2.44. The van der Waals surface area contributed by atoms with E-state index in [2.05, 4.69) is 5.32 Å². The lowest BCUT2D eigenvalue weighted by atomic mass is 9.88. The fraction of sp³-hybridized carbons (Fsp3) is 0.167. The highest BCUT2D eigenvalue weighted by molar-refractivity contribution is 6.12. The van der Waals surface area contributed by atoms with Gasteiger partial charge >= 0.3 is 0 Å². The molecule has 0 radical (unpaired) electrons. The molecular weight excluding hydrogens is 396 g/mol. The van der Waals surface area contributed by atoms with Crippen LogP contribution in [0.25, 0.3) is 0 Å². The number of amides is 2. The maximum absolute atomic E-state index is 13.3. The normalized spacial score (nSPS) is 17.3. The third-order valence-electron chi connectivity index (χ3n) is 5.32. The minimum absolute atomic E-state index is 0.264. The van der Waals surface area contributed by atoms with Gasteiger partial charge in [-0.05, 0) is 23.8 Å². The maximum Gasteiger partial charge on any atom is 0.268 e. The molecule has 0 aliphatic carbocycles. The minimum atomic E-state index is -1.85. The molecule has 0 unspecified atom stereocenters. The molecule has 0 saturated carbocycles. The highest BCUT2D eigenvalue weighted by atomic mass is 16.5. The number of para-hydroxylation sites is 1. The zero-order chi connectivity index (χ0) is 22.0. The van der Waals surface area contributed by atoms with E-state index in [1.165, 1.54) is 19.1 Å². The van der Waals surface area contributed by atoms with Crippen molar-refractivity contribution in [1.29, 1.82) is 0 Å². The van der Waals surface area contributed by atoms with Crippen LogP contribution in [0.5, 0.6) is 11.5 Å². The smallest absolute Gasteiger partial charge is 0.268 e. The van der Waals surface area contributed by atoms with Crippen molar-refractivity contribution in [3.8, 4) is 11.5 Å². The van der Waals surface area contributed by atoms with Gasteiger partial charge in [-0.1, -0.05) is 48.5 Å². The molecule has 3 aromatic carbocycles. The van der Waals surface area contributed by atoms with E-state index in [9.17, 15) is 14.7 Å². The molecule has 2 N–H and O–H groups in total. The Bertz CT molecular complexity index is 1130. The van der Waals surface area contributed by atoms with Crippen molar-refractivity contribution in [2.45, 2.75) is 5.60 Å². The van der Waals surface area contributed by atoms with Crippen LogP contribution in [0, 0.1) is 0 Å². The van der Waals surface area contributed by atoms with E-state index < -0.39 is 17.4 Å². The molecule has 0 saturated heterocycles. The van der Waals surface area contributed by atoms with Gasteiger partial charge in [0.2, 0.25) is 5.91 Å². The number of nitrogens with zero attached hydrogens (tertiary/aromatic N) is 1. The summed E-state index contributed by atoms with van der Waals surface area (Å²) in [6.07, 6.45) is 0. The monoisotopic (exact) mass is 418 g/mol. The Balaban J connectivity index is 1.62. The van der Waals surface area contributed by atoms with E-state index in [1.807, 2.05) is 6.07 Å². The molecule has 7 heteroatoms. The second-order valence-corrected chi connectivity index (χ2v) is 7.10. The van der Waals surface area contributed by atoms with E-state index in [4.69, 9.17) is 9.47 Å². The average Bonchev–Trinajstić information content (AvgIpc) is 3.02. The Kier molecular flexibility index (Phi) is 5.35. The predicted molar refractivity (Wildman–Crippen MR) is 116 cm³/mol. The van der Waals surface area contributed by atoms with Gasteiger partial charge < -0.3 is 19.9 Å². The Morgan fingerprint density at radius 3 is 2.42 bits per heavy atom. The van der Waals surface area contributed by atoms with Gasteiger partial charge in [-0.3, -0.25) is 14.5 Å². The lowest BCUT2D eigenvalue weighted by molar-refractivity contribution is -0.133. The molecule has 7 nitrogen and oxygen atoms in total. The summed E-state index contributed by atoms with van der Waals surface area (Å²) >= 11 is 0. The molecule has 0 aromatic heterocycles. The number of anilines is 2. The Morgan fingerprint density at radius 1 is 1.00 bits per heavy atom. The number of methoxy groups -OCH3 is 2. The van der Waals surface area contributed by atoms with E-state index in [1.54, 1.807) is 66.7 Å². The fourth-order valence-electron chi connectivity index (χ4n) is 3.79. The van der Waals surface area contributed by atoms with Crippen molar-refractivity contribution in [2.24, 2.45) is 0 Å². The van der Waals surface area contributed by atoms with Gasteiger partial charge in [-0.25, -0.2) is 0 Å². The number of hydrogen-bond donors (Lipinski definition) is 2. The van der Waals surface area contributed by atoms with Crippen molar-refractivity contribution in [1.82, 2.24) is 0 Å². The third kappa shape index (κ3) is 3.49. The molecular formula is C24H22N2O5. The average molecular weight is 418 g/mol. The number of aliphatic hydroxyl groups is 1. The second kappa shape index (κ2) is 8.12. The van der Waals surface area contributed by atoms with Crippen LogP contribution >= 0.6 is 0 Å². The molecule has 0 spiro atoms. The van der Waals surface area contributed by atoms with Crippen LogP contribution in [0.4, 0.5) is 11.4 Å². The summed E-state index contributed by atoms with van der Waals surface area (Å²) < 4.78 is 10.5. The van der Waals surface area contributed by atoms with Crippen LogP contribution in [0.2, 0.25) is 0 Å². The van der Waals surface area contributed by atoms with Gasteiger partial charge in [0.1, 0.15) is 18.0 Å². The molecule has 1 atom stereocenters. The zero-order valence-electron chi connectivity index (χ0n) is 17.2. The predicted octanol–water partition coefficient (Wildman–Crippen LogP) is 2.93. The summed E-state index contributed by atoms with van der Waals surface area (Å²) in [4.78, 5) is 27.5. The lowest BCUT2D eigenvalue weighted by Gasteiger charge is -2.23. The molecule has 31 heavy (non-hydrogen) atoms. The van der Waals surface area contributed by atoms with E-state index in [-0.39, 0.29) is 6.54 Å². The summed E-state index contributed by atoms with van der Waals surface area (Å²) in [5, 5.41) is 14.2. The van der Waals surface area contributed by atoms with Crippen LogP contribution in [-0.2, 0) is 15.2 Å². The Morgan fingerprint density at radius 2 is 1.71 bits per heavy atom. The van der Waals surface area contributed by atoms with Crippen molar-refractivity contribution in [2.75, 3.05) is 31.0 Å². The second-order valence-electron chi connectivity index (χ2n) is 7.10.